The lowest BCUT2D eigenvalue weighted by Crippen LogP contribution is -2.13. The van der Waals surface area contributed by atoms with Gasteiger partial charge in [0.25, 0.3) is 5.91 Å². The Morgan fingerprint density at radius 2 is 1.82 bits per heavy atom. The zero-order valence-electron chi connectivity index (χ0n) is 13.2. The molecule has 2 aromatic carbocycles. The van der Waals surface area contributed by atoms with Crippen LogP contribution in [0.3, 0.4) is 0 Å². The molecule has 22 heavy (non-hydrogen) atoms. The Kier molecular flexibility index (Phi) is 5.37. The van der Waals surface area contributed by atoms with Crippen LogP contribution < -0.4 is 10.1 Å². The van der Waals surface area contributed by atoms with Gasteiger partial charge in [-0.2, -0.15) is 0 Å². The predicted octanol–water partition coefficient (Wildman–Crippen LogP) is 5.08. The van der Waals surface area contributed by atoms with Gasteiger partial charge in [0.05, 0.1) is 5.69 Å². The molecule has 1 amide bonds. The van der Waals surface area contributed by atoms with Gasteiger partial charge in [0, 0.05) is 5.57 Å². The fourth-order valence-corrected chi connectivity index (χ4v) is 2.01. The quantitative estimate of drug-likeness (QED) is 0.781. The van der Waals surface area contributed by atoms with Gasteiger partial charge in [0.1, 0.15) is 5.75 Å². The Bertz CT molecular complexity index is 672. The van der Waals surface area contributed by atoms with Gasteiger partial charge >= 0.3 is 0 Å². The first-order chi connectivity index (χ1) is 10.6. The number of amides is 1. The van der Waals surface area contributed by atoms with Crippen LogP contribution in [0.15, 0.2) is 60.2 Å². The van der Waals surface area contributed by atoms with Crippen molar-refractivity contribution in [3.63, 3.8) is 0 Å². The van der Waals surface area contributed by atoms with Crippen LogP contribution in [-0.2, 0) is 4.79 Å². The molecule has 0 aliphatic heterocycles. The first-order valence-corrected chi connectivity index (χ1v) is 7.42. The molecule has 0 aliphatic carbocycles. The van der Waals surface area contributed by atoms with E-state index in [1.54, 1.807) is 0 Å². The highest BCUT2D eigenvalue weighted by Crippen LogP contribution is 2.29. The number of nitrogens with one attached hydrogen (secondary N) is 1. The standard InChI is InChI=1S/C19H21NO2/c1-4-7-15(3)19(21)20-17-8-5-6-9-18(17)22-16-12-10-14(2)11-13-16/h5-13H,4H2,1-3H3,(H,20,21). The molecule has 114 valence electrons. The van der Waals surface area contributed by atoms with Gasteiger partial charge in [-0.15, -0.1) is 0 Å². The third-order valence-corrected chi connectivity index (χ3v) is 3.25. The lowest BCUT2D eigenvalue weighted by molar-refractivity contribution is -0.112. The highest BCUT2D eigenvalue weighted by atomic mass is 16.5. The van der Waals surface area contributed by atoms with E-state index in [0.717, 1.165) is 12.2 Å². The minimum absolute atomic E-state index is 0.109. The van der Waals surface area contributed by atoms with E-state index in [0.29, 0.717) is 17.0 Å². The molecule has 0 fully saturated rings. The number of para-hydroxylation sites is 2. The molecule has 0 aliphatic rings. The molecule has 0 saturated carbocycles. The second-order valence-electron chi connectivity index (χ2n) is 5.16. The topological polar surface area (TPSA) is 38.3 Å². The van der Waals surface area contributed by atoms with Crippen molar-refractivity contribution in [1.82, 2.24) is 0 Å². The average molecular weight is 295 g/mol. The third kappa shape index (κ3) is 4.22. The van der Waals surface area contributed by atoms with Crippen LogP contribution in [0.1, 0.15) is 25.8 Å². The van der Waals surface area contributed by atoms with E-state index in [2.05, 4.69) is 5.32 Å². The minimum Gasteiger partial charge on any atom is -0.455 e. The highest BCUT2D eigenvalue weighted by molar-refractivity contribution is 6.04. The molecule has 0 saturated heterocycles. The number of allylic oxidation sites excluding steroid dienone is 1. The van der Waals surface area contributed by atoms with E-state index in [4.69, 9.17) is 4.74 Å². The number of aryl methyl sites for hydroxylation is 1. The number of anilines is 1. The predicted molar refractivity (Wildman–Crippen MR) is 90.4 cm³/mol. The smallest absolute Gasteiger partial charge is 0.251 e. The largest absolute Gasteiger partial charge is 0.455 e. The summed E-state index contributed by atoms with van der Waals surface area (Å²) in [4.78, 5) is 12.1. The van der Waals surface area contributed by atoms with Crippen molar-refractivity contribution in [2.24, 2.45) is 0 Å². The summed E-state index contributed by atoms with van der Waals surface area (Å²) >= 11 is 0. The summed E-state index contributed by atoms with van der Waals surface area (Å²) in [5.41, 5.74) is 2.54. The monoisotopic (exact) mass is 295 g/mol. The number of benzene rings is 2. The van der Waals surface area contributed by atoms with Crippen LogP contribution in [-0.4, -0.2) is 5.91 Å². The van der Waals surface area contributed by atoms with Gasteiger partial charge in [0.15, 0.2) is 5.75 Å². The molecule has 0 bridgehead atoms. The number of ether oxygens (including phenoxy) is 1. The summed E-state index contributed by atoms with van der Waals surface area (Å²) in [6, 6.07) is 15.2. The second kappa shape index (κ2) is 7.46. The summed E-state index contributed by atoms with van der Waals surface area (Å²) in [6.07, 6.45) is 2.74. The lowest BCUT2D eigenvalue weighted by atomic mass is 10.2. The zero-order valence-corrected chi connectivity index (χ0v) is 13.2. The van der Waals surface area contributed by atoms with Crippen molar-refractivity contribution in [3.05, 3.63) is 65.7 Å². The highest BCUT2D eigenvalue weighted by Gasteiger charge is 2.09. The van der Waals surface area contributed by atoms with E-state index in [1.807, 2.05) is 75.4 Å². The maximum Gasteiger partial charge on any atom is 0.251 e. The van der Waals surface area contributed by atoms with E-state index < -0.39 is 0 Å². The Morgan fingerprint density at radius 3 is 2.50 bits per heavy atom. The van der Waals surface area contributed by atoms with Crippen LogP contribution in [0.5, 0.6) is 11.5 Å². The van der Waals surface area contributed by atoms with Crippen LogP contribution in [0.2, 0.25) is 0 Å². The van der Waals surface area contributed by atoms with Crippen LogP contribution in [0.4, 0.5) is 5.69 Å². The zero-order chi connectivity index (χ0) is 15.9. The summed E-state index contributed by atoms with van der Waals surface area (Å²) in [5.74, 6) is 1.26. The van der Waals surface area contributed by atoms with E-state index in [1.165, 1.54) is 5.56 Å². The maximum absolute atomic E-state index is 12.1. The Hall–Kier alpha value is -2.55. The molecular formula is C19H21NO2. The van der Waals surface area contributed by atoms with E-state index in [-0.39, 0.29) is 5.91 Å². The van der Waals surface area contributed by atoms with Crippen LogP contribution >= 0.6 is 0 Å². The number of carbonyl (C=O) groups is 1. The van der Waals surface area contributed by atoms with Crippen molar-refractivity contribution in [1.29, 1.82) is 0 Å². The summed E-state index contributed by atoms with van der Waals surface area (Å²) in [6.45, 7) is 5.84. The van der Waals surface area contributed by atoms with Gasteiger partial charge < -0.3 is 10.1 Å². The maximum atomic E-state index is 12.1. The molecule has 0 heterocycles. The van der Waals surface area contributed by atoms with Crippen LogP contribution in [0, 0.1) is 6.92 Å². The fraction of sp³-hybridized carbons (Fsp3) is 0.211. The fourth-order valence-electron chi connectivity index (χ4n) is 2.01. The third-order valence-electron chi connectivity index (χ3n) is 3.25. The molecule has 1 N–H and O–H groups in total. The SMILES string of the molecule is CCC=C(C)C(=O)Nc1ccccc1Oc1ccc(C)cc1. The van der Waals surface area contributed by atoms with Gasteiger partial charge in [-0.3, -0.25) is 4.79 Å². The molecule has 0 unspecified atom stereocenters. The van der Waals surface area contributed by atoms with Crippen molar-refractivity contribution in [2.45, 2.75) is 27.2 Å². The van der Waals surface area contributed by atoms with Crippen molar-refractivity contribution < 1.29 is 9.53 Å². The molecule has 0 atom stereocenters. The molecule has 2 rings (SSSR count). The number of hydrogen-bond acceptors (Lipinski definition) is 2. The number of hydrogen-bond donors (Lipinski definition) is 1. The van der Waals surface area contributed by atoms with Crippen molar-refractivity contribution in [3.8, 4) is 11.5 Å². The lowest BCUT2D eigenvalue weighted by Gasteiger charge is -2.12. The second-order valence-corrected chi connectivity index (χ2v) is 5.16. The molecule has 0 radical (unpaired) electrons. The first-order valence-electron chi connectivity index (χ1n) is 7.42. The van der Waals surface area contributed by atoms with Gasteiger partial charge in [-0.05, 0) is 44.5 Å². The molecule has 2 aromatic rings. The summed E-state index contributed by atoms with van der Waals surface area (Å²) in [5, 5.41) is 2.89. The molecule has 0 spiro atoms. The van der Waals surface area contributed by atoms with Gasteiger partial charge in [-0.25, -0.2) is 0 Å². The van der Waals surface area contributed by atoms with Crippen molar-refractivity contribution >= 4 is 11.6 Å². The first kappa shape index (κ1) is 15.8. The average Bonchev–Trinajstić information content (AvgIpc) is 2.51. The Morgan fingerprint density at radius 1 is 1.14 bits per heavy atom. The Balaban J connectivity index is 2.18. The number of rotatable bonds is 5. The molecule has 3 nitrogen and oxygen atoms in total. The Labute approximate surface area is 131 Å². The molecule has 3 heteroatoms. The normalized spacial score (nSPS) is 11.1. The number of carbonyl (C=O) groups excluding carboxylic acids is 1. The van der Waals surface area contributed by atoms with Crippen molar-refractivity contribution in [2.75, 3.05) is 5.32 Å². The minimum atomic E-state index is -0.109. The molecular weight excluding hydrogens is 274 g/mol. The summed E-state index contributed by atoms with van der Waals surface area (Å²) < 4.78 is 5.87. The van der Waals surface area contributed by atoms with Gasteiger partial charge in [0.2, 0.25) is 0 Å². The van der Waals surface area contributed by atoms with Crippen LogP contribution in [0.25, 0.3) is 0 Å². The van der Waals surface area contributed by atoms with E-state index >= 15 is 0 Å². The summed E-state index contributed by atoms with van der Waals surface area (Å²) in [7, 11) is 0. The van der Waals surface area contributed by atoms with Gasteiger partial charge in [-0.1, -0.05) is 42.8 Å². The van der Waals surface area contributed by atoms with E-state index in [9.17, 15) is 4.79 Å². The molecule has 0 aromatic heterocycles.